The largest absolute Gasteiger partial charge is 0.273 e. The summed E-state index contributed by atoms with van der Waals surface area (Å²) in [5.41, 5.74) is 4.46. The second-order valence-corrected chi connectivity index (χ2v) is 4.78. The van der Waals surface area contributed by atoms with E-state index in [9.17, 15) is 9.59 Å². The smallest absolute Gasteiger partial charge is 0.253 e. The van der Waals surface area contributed by atoms with Crippen molar-refractivity contribution in [2.24, 2.45) is 11.8 Å². The minimum absolute atomic E-state index is 0.208. The first-order chi connectivity index (χ1) is 7.56. The van der Waals surface area contributed by atoms with Gasteiger partial charge >= 0.3 is 0 Å². The number of carbonyl (C=O) groups is 2. The molecule has 2 amide bonds. The number of hydrazine groups is 1. The van der Waals surface area contributed by atoms with Gasteiger partial charge in [0.1, 0.15) is 10.7 Å². The van der Waals surface area contributed by atoms with Gasteiger partial charge in [0.15, 0.2) is 0 Å². The number of alkyl halides is 3. The van der Waals surface area contributed by atoms with Crippen LogP contribution in [-0.4, -0.2) is 22.5 Å². The van der Waals surface area contributed by atoms with E-state index in [2.05, 4.69) is 10.9 Å². The van der Waals surface area contributed by atoms with Gasteiger partial charge in [-0.05, 0) is 6.42 Å². The zero-order chi connectivity index (χ0) is 12.1. The molecule has 1 aliphatic carbocycles. The Morgan fingerprint density at radius 3 is 2.62 bits per heavy atom. The van der Waals surface area contributed by atoms with Crippen molar-refractivity contribution in [2.45, 2.75) is 11.3 Å². The number of hydrogen-bond donors (Lipinski definition) is 2. The van der Waals surface area contributed by atoms with Gasteiger partial charge < -0.3 is 0 Å². The molecule has 16 heavy (non-hydrogen) atoms. The Kier molecular flexibility index (Phi) is 5.38. The lowest BCUT2D eigenvalue weighted by atomic mass is 9.96. The van der Waals surface area contributed by atoms with Gasteiger partial charge in [0, 0.05) is 5.92 Å². The maximum absolute atomic E-state index is 11.7. The number of hydrogen-bond acceptors (Lipinski definition) is 2. The minimum Gasteiger partial charge on any atom is -0.273 e. The molecule has 0 aliphatic heterocycles. The van der Waals surface area contributed by atoms with E-state index in [0.29, 0.717) is 6.42 Å². The highest BCUT2D eigenvalue weighted by Crippen LogP contribution is 2.32. The van der Waals surface area contributed by atoms with E-state index in [-0.39, 0.29) is 23.6 Å². The van der Waals surface area contributed by atoms with Crippen LogP contribution in [0.2, 0.25) is 0 Å². The molecule has 2 atom stereocenters. The first-order valence-corrected chi connectivity index (χ1v) is 6.06. The number of allylic oxidation sites excluding steroid dienone is 2. The molecule has 0 aromatic rings. The Morgan fingerprint density at radius 1 is 1.38 bits per heavy atom. The summed E-state index contributed by atoms with van der Waals surface area (Å²) in [5.74, 6) is -1.57. The van der Waals surface area contributed by atoms with Crippen LogP contribution >= 0.6 is 34.8 Å². The molecular weight excluding hydrogens is 274 g/mol. The normalized spacial score (nSPS) is 23.5. The molecule has 90 valence electrons. The van der Waals surface area contributed by atoms with Crippen molar-refractivity contribution in [2.75, 3.05) is 5.88 Å². The van der Waals surface area contributed by atoms with E-state index in [1.54, 1.807) is 6.08 Å². The van der Waals surface area contributed by atoms with Crippen LogP contribution in [0, 0.1) is 11.8 Å². The average Bonchev–Trinajstić information content (AvgIpc) is 2.74. The summed E-state index contributed by atoms with van der Waals surface area (Å²) in [7, 11) is 0. The van der Waals surface area contributed by atoms with Crippen LogP contribution < -0.4 is 10.9 Å². The number of amides is 2. The Hall–Kier alpha value is -0.450. The van der Waals surface area contributed by atoms with E-state index < -0.39 is 10.7 Å². The summed E-state index contributed by atoms with van der Waals surface area (Å²) in [5, 5.41) is 0. The molecule has 4 nitrogen and oxygen atoms in total. The third-order valence-corrected chi connectivity index (χ3v) is 3.11. The van der Waals surface area contributed by atoms with Crippen LogP contribution in [0.4, 0.5) is 0 Å². The maximum Gasteiger partial charge on any atom is 0.253 e. The molecule has 0 aromatic heterocycles. The van der Waals surface area contributed by atoms with Crippen molar-refractivity contribution < 1.29 is 9.59 Å². The van der Waals surface area contributed by atoms with E-state index in [4.69, 9.17) is 34.8 Å². The molecule has 0 aromatic carbocycles. The summed E-state index contributed by atoms with van der Waals surface area (Å²) < 4.78 is 0. The van der Waals surface area contributed by atoms with Gasteiger partial charge in [-0.1, -0.05) is 12.2 Å². The fourth-order valence-electron chi connectivity index (χ4n) is 1.47. The van der Waals surface area contributed by atoms with Crippen molar-refractivity contribution >= 4 is 46.6 Å². The van der Waals surface area contributed by atoms with Gasteiger partial charge in [-0.2, -0.15) is 0 Å². The van der Waals surface area contributed by atoms with Crippen molar-refractivity contribution in [1.29, 1.82) is 0 Å². The fourth-order valence-corrected chi connectivity index (χ4v) is 2.06. The van der Waals surface area contributed by atoms with Crippen LogP contribution in [0.25, 0.3) is 0 Å². The highest BCUT2D eigenvalue weighted by atomic mass is 35.5. The van der Waals surface area contributed by atoms with Crippen LogP contribution in [0.5, 0.6) is 0 Å². The predicted molar refractivity (Wildman–Crippen MR) is 63.2 cm³/mol. The monoisotopic (exact) mass is 284 g/mol. The fraction of sp³-hybridized carbons (Fsp3) is 0.556. The molecule has 0 fully saturated rings. The summed E-state index contributed by atoms with van der Waals surface area (Å²) in [6.45, 7) is 0. The van der Waals surface area contributed by atoms with Crippen LogP contribution in [0.3, 0.4) is 0 Å². The lowest BCUT2D eigenvalue weighted by Crippen LogP contribution is -2.46. The lowest BCUT2D eigenvalue weighted by Gasteiger charge is -2.19. The second kappa shape index (κ2) is 6.33. The maximum atomic E-state index is 11.7. The summed E-state index contributed by atoms with van der Waals surface area (Å²) in [6, 6.07) is 0. The molecule has 0 radical (unpaired) electrons. The molecule has 0 spiro atoms. The van der Waals surface area contributed by atoms with Crippen LogP contribution in [0.1, 0.15) is 6.42 Å². The highest BCUT2D eigenvalue weighted by molar-refractivity contribution is 6.44. The summed E-state index contributed by atoms with van der Waals surface area (Å²) >= 11 is 16.7. The standard InChI is InChI=1S/C9H11Cl3N2O2/c10-4-7(15)13-14-9(16)6-3-1-2-5(6)8(11)12/h1-2,5-6,8H,3-4H2,(H,13,15)(H,14,16)/t5-,6-/m1/s1. The molecule has 0 saturated heterocycles. The highest BCUT2D eigenvalue weighted by Gasteiger charge is 2.33. The lowest BCUT2D eigenvalue weighted by molar-refractivity contribution is -0.130. The topological polar surface area (TPSA) is 58.2 Å². The molecule has 1 aliphatic rings. The van der Waals surface area contributed by atoms with Gasteiger partial charge in [0.2, 0.25) is 5.91 Å². The van der Waals surface area contributed by atoms with E-state index in [1.807, 2.05) is 6.08 Å². The van der Waals surface area contributed by atoms with E-state index in [1.165, 1.54) is 0 Å². The van der Waals surface area contributed by atoms with Gasteiger partial charge in [-0.15, -0.1) is 34.8 Å². The zero-order valence-corrected chi connectivity index (χ0v) is 10.5. The average molecular weight is 286 g/mol. The number of nitrogens with one attached hydrogen (secondary N) is 2. The van der Waals surface area contributed by atoms with Gasteiger partial charge in [0.05, 0.1) is 5.92 Å². The van der Waals surface area contributed by atoms with Crippen LogP contribution in [-0.2, 0) is 9.59 Å². The quantitative estimate of drug-likeness (QED) is 0.467. The molecule has 1 rings (SSSR count). The zero-order valence-electron chi connectivity index (χ0n) is 8.25. The first-order valence-electron chi connectivity index (χ1n) is 4.65. The van der Waals surface area contributed by atoms with Gasteiger partial charge in [-0.3, -0.25) is 20.4 Å². The Labute approximate surface area is 108 Å². The SMILES string of the molecule is O=C(CCl)NNC(=O)[C@@H]1CC=C[C@H]1C(Cl)Cl. The molecular formula is C9H11Cl3N2O2. The summed E-state index contributed by atoms with van der Waals surface area (Å²) in [6.07, 6.45) is 4.21. The van der Waals surface area contributed by atoms with Crippen molar-refractivity contribution in [3.8, 4) is 0 Å². The third-order valence-electron chi connectivity index (χ3n) is 2.29. The molecule has 0 saturated carbocycles. The molecule has 7 heteroatoms. The van der Waals surface area contributed by atoms with Crippen LogP contribution in [0.15, 0.2) is 12.2 Å². The number of rotatable bonds is 3. The van der Waals surface area contributed by atoms with Crippen molar-refractivity contribution in [1.82, 2.24) is 10.9 Å². The Morgan fingerprint density at radius 2 is 2.06 bits per heavy atom. The minimum atomic E-state index is -0.641. The number of carbonyl (C=O) groups excluding carboxylic acids is 2. The molecule has 0 heterocycles. The molecule has 0 bridgehead atoms. The number of halogens is 3. The summed E-state index contributed by atoms with van der Waals surface area (Å²) in [4.78, 5) is 21.8. The molecule has 0 unspecified atom stereocenters. The predicted octanol–water partition coefficient (Wildman–Crippen LogP) is 1.37. The Bertz CT molecular complexity index is 307. The van der Waals surface area contributed by atoms with Gasteiger partial charge in [0.25, 0.3) is 5.91 Å². The second-order valence-electron chi connectivity index (χ2n) is 3.35. The first kappa shape index (κ1) is 13.6. The van der Waals surface area contributed by atoms with E-state index >= 15 is 0 Å². The third kappa shape index (κ3) is 3.54. The Balaban J connectivity index is 2.45. The van der Waals surface area contributed by atoms with Crippen molar-refractivity contribution in [3.63, 3.8) is 0 Å². The van der Waals surface area contributed by atoms with Crippen molar-refractivity contribution in [3.05, 3.63) is 12.2 Å². The van der Waals surface area contributed by atoms with Gasteiger partial charge in [-0.25, -0.2) is 0 Å². The van der Waals surface area contributed by atoms with E-state index in [0.717, 1.165) is 0 Å². The molecule has 2 N–H and O–H groups in total.